The Morgan fingerprint density at radius 3 is 2.62 bits per heavy atom. The SMILES string of the molecule is CCN(Cc1ccncc1)Cc1cc2ccc(OC)cc2[nH]c1=O. The van der Waals surface area contributed by atoms with Gasteiger partial charge in [0.25, 0.3) is 5.56 Å². The molecule has 0 bridgehead atoms. The minimum Gasteiger partial charge on any atom is -0.497 e. The molecule has 3 aromatic rings. The molecule has 0 fully saturated rings. The van der Waals surface area contributed by atoms with E-state index in [-0.39, 0.29) is 5.56 Å². The third-order valence-electron chi connectivity index (χ3n) is 4.13. The Kier molecular flexibility index (Phi) is 4.91. The van der Waals surface area contributed by atoms with Crippen molar-refractivity contribution < 1.29 is 4.74 Å². The van der Waals surface area contributed by atoms with Crippen LogP contribution in [0.4, 0.5) is 0 Å². The van der Waals surface area contributed by atoms with E-state index in [1.54, 1.807) is 19.5 Å². The van der Waals surface area contributed by atoms with Crippen LogP contribution in [0.25, 0.3) is 10.9 Å². The summed E-state index contributed by atoms with van der Waals surface area (Å²) in [4.78, 5) is 21.6. The molecule has 124 valence electrons. The van der Waals surface area contributed by atoms with Crippen molar-refractivity contribution in [3.8, 4) is 5.75 Å². The molecule has 0 saturated heterocycles. The minimum atomic E-state index is -0.0519. The number of nitrogens with zero attached hydrogens (tertiary/aromatic N) is 2. The second-order valence-electron chi connectivity index (χ2n) is 5.74. The number of aromatic nitrogens is 2. The molecule has 5 heteroatoms. The van der Waals surface area contributed by atoms with Crippen LogP contribution in [0.2, 0.25) is 0 Å². The summed E-state index contributed by atoms with van der Waals surface area (Å²) < 4.78 is 5.21. The number of pyridine rings is 2. The van der Waals surface area contributed by atoms with Gasteiger partial charge in [-0.1, -0.05) is 6.92 Å². The van der Waals surface area contributed by atoms with Gasteiger partial charge in [-0.15, -0.1) is 0 Å². The highest BCUT2D eigenvalue weighted by molar-refractivity contribution is 5.80. The molecule has 1 N–H and O–H groups in total. The quantitative estimate of drug-likeness (QED) is 0.758. The Balaban J connectivity index is 1.85. The summed E-state index contributed by atoms with van der Waals surface area (Å²) in [7, 11) is 1.62. The fraction of sp³-hybridized carbons (Fsp3) is 0.263. The van der Waals surface area contributed by atoms with Crippen LogP contribution in [0.3, 0.4) is 0 Å². The summed E-state index contributed by atoms with van der Waals surface area (Å²) in [6, 6.07) is 11.7. The molecule has 2 heterocycles. The molecule has 3 rings (SSSR count). The van der Waals surface area contributed by atoms with E-state index in [1.165, 1.54) is 5.56 Å². The average Bonchev–Trinajstić information content (AvgIpc) is 2.62. The van der Waals surface area contributed by atoms with E-state index in [4.69, 9.17) is 4.74 Å². The molecule has 0 saturated carbocycles. The molecule has 0 amide bonds. The summed E-state index contributed by atoms with van der Waals surface area (Å²) >= 11 is 0. The highest BCUT2D eigenvalue weighted by Crippen LogP contribution is 2.19. The van der Waals surface area contributed by atoms with Crippen LogP contribution in [0, 0.1) is 0 Å². The number of aromatic amines is 1. The molecular formula is C19H21N3O2. The maximum Gasteiger partial charge on any atom is 0.252 e. The van der Waals surface area contributed by atoms with Crippen LogP contribution in [0.1, 0.15) is 18.1 Å². The zero-order chi connectivity index (χ0) is 16.9. The van der Waals surface area contributed by atoms with E-state index in [2.05, 4.69) is 21.8 Å². The van der Waals surface area contributed by atoms with Gasteiger partial charge in [-0.05, 0) is 47.8 Å². The summed E-state index contributed by atoms with van der Waals surface area (Å²) in [6.07, 6.45) is 3.58. The van der Waals surface area contributed by atoms with Gasteiger partial charge >= 0.3 is 0 Å². The Labute approximate surface area is 140 Å². The standard InChI is InChI=1S/C19H21N3O2/c1-3-22(12-14-6-8-20-9-7-14)13-16-10-15-4-5-17(24-2)11-18(15)21-19(16)23/h4-11H,3,12-13H2,1-2H3,(H,21,23). The van der Waals surface area contributed by atoms with Crippen LogP contribution in [0.5, 0.6) is 5.75 Å². The minimum absolute atomic E-state index is 0.0519. The molecule has 1 aromatic carbocycles. The van der Waals surface area contributed by atoms with Crippen molar-refractivity contribution in [3.63, 3.8) is 0 Å². The normalized spacial score (nSPS) is 11.1. The largest absolute Gasteiger partial charge is 0.497 e. The van der Waals surface area contributed by atoms with E-state index >= 15 is 0 Å². The molecule has 0 aliphatic heterocycles. The Bertz CT molecular complexity index is 875. The second kappa shape index (κ2) is 7.27. The van der Waals surface area contributed by atoms with Crippen molar-refractivity contribution in [2.24, 2.45) is 0 Å². The number of fused-ring (bicyclic) bond motifs is 1. The van der Waals surface area contributed by atoms with Crippen LogP contribution in [-0.4, -0.2) is 28.5 Å². The zero-order valence-electron chi connectivity index (χ0n) is 14.0. The van der Waals surface area contributed by atoms with Crippen molar-refractivity contribution in [2.45, 2.75) is 20.0 Å². The van der Waals surface area contributed by atoms with Crippen molar-refractivity contribution >= 4 is 10.9 Å². The fourth-order valence-corrected chi connectivity index (χ4v) is 2.74. The molecule has 0 atom stereocenters. The predicted octanol–water partition coefficient (Wildman–Crippen LogP) is 2.95. The number of ether oxygens (including phenoxy) is 1. The van der Waals surface area contributed by atoms with Crippen molar-refractivity contribution in [1.29, 1.82) is 0 Å². The van der Waals surface area contributed by atoms with E-state index < -0.39 is 0 Å². The lowest BCUT2D eigenvalue weighted by molar-refractivity contribution is 0.270. The van der Waals surface area contributed by atoms with Crippen LogP contribution >= 0.6 is 0 Å². The van der Waals surface area contributed by atoms with Gasteiger partial charge in [-0.25, -0.2) is 0 Å². The fourth-order valence-electron chi connectivity index (χ4n) is 2.74. The Hall–Kier alpha value is -2.66. The molecular weight excluding hydrogens is 302 g/mol. The van der Waals surface area contributed by atoms with Gasteiger partial charge in [-0.2, -0.15) is 0 Å². The number of benzene rings is 1. The maximum absolute atomic E-state index is 12.4. The van der Waals surface area contributed by atoms with Crippen LogP contribution < -0.4 is 10.3 Å². The maximum atomic E-state index is 12.4. The van der Waals surface area contributed by atoms with Gasteiger partial charge in [0, 0.05) is 37.1 Å². The van der Waals surface area contributed by atoms with Gasteiger partial charge in [0.1, 0.15) is 5.75 Å². The number of rotatable bonds is 6. The summed E-state index contributed by atoms with van der Waals surface area (Å²) in [5.74, 6) is 0.735. The van der Waals surface area contributed by atoms with E-state index in [0.29, 0.717) is 6.54 Å². The van der Waals surface area contributed by atoms with Gasteiger partial charge in [0.05, 0.1) is 12.6 Å². The molecule has 5 nitrogen and oxygen atoms in total. The summed E-state index contributed by atoms with van der Waals surface area (Å²) in [6.45, 7) is 4.36. The summed E-state index contributed by atoms with van der Waals surface area (Å²) in [5, 5.41) is 1.00. The van der Waals surface area contributed by atoms with Gasteiger partial charge in [0.15, 0.2) is 0 Å². The first-order valence-corrected chi connectivity index (χ1v) is 8.01. The highest BCUT2D eigenvalue weighted by atomic mass is 16.5. The first-order chi connectivity index (χ1) is 11.7. The Morgan fingerprint density at radius 2 is 1.92 bits per heavy atom. The molecule has 0 spiro atoms. The molecule has 0 aliphatic carbocycles. The van der Waals surface area contributed by atoms with Crippen molar-refractivity contribution in [2.75, 3.05) is 13.7 Å². The number of H-pyrrole nitrogens is 1. The molecule has 0 unspecified atom stereocenters. The first kappa shape index (κ1) is 16.2. The molecule has 2 aromatic heterocycles. The molecule has 0 radical (unpaired) electrons. The summed E-state index contributed by atoms with van der Waals surface area (Å²) in [5.41, 5.74) is 2.70. The van der Waals surface area contributed by atoms with Gasteiger partial charge in [-0.3, -0.25) is 14.7 Å². The topological polar surface area (TPSA) is 58.2 Å². The van der Waals surface area contributed by atoms with E-state index in [0.717, 1.165) is 35.3 Å². The lowest BCUT2D eigenvalue weighted by Crippen LogP contribution is -2.26. The molecule has 24 heavy (non-hydrogen) atoms. The number of hydrogen-bond donors (Lipinski definition) is 1. The second-order valence-corrected chi connectivity index (χ2v) is 5.74. The number of nitrogens with one attached hydrogen (secondary N) is 1. The van der Waals surface area contributed by atoms with Crippen molar-refractivity contribution in [3.05, 3.63) is 70.3 Å². The third kappa shape index (κ3) is 3.63. The Morgan fingerprint density at radius 1 is 1.12 bits per heavy atom. The van der Waals surface area contributed by atoms with Gasteiger partial charge in [0.2, 0.25) is 0 Å². The van der Waals surface area contributed by atoms with E-state index in [1.807, 2.05) is 36.4 Å². The lowest BCUT2D eigenvalue weighted by atomic mass is 10.1. The highest BCUT2D eigenvalue weighted by Gasteiger charge is 2.09. The van der Waals surface area contributed by atoms with E-state index in [9.17, 15) is 4.79 Å². The number of methoxy groups -OCH3 is 1. The smallest absolute Gasteiger partial charge is 0.252 e. The predicted molar refractivity (Wildman–Crippen MR) is 95.1 cm³/mol. The van der Waals surface area contributed by atoms with Gasteiger partial charge < -0.3 is 9.72 Å². The third-order valence-corrected chi connectivity index (χ3v) is 4.13. The monoisotopic (exact) mass is 323 g/mol. The first-order valence-electron chi connectivity index (χ1n) is 8.01. The number of hydrogen-bond acceptors (Lipinski definition) is 4. The van der Waals surface area contributed by atoms with Crippen molar-refractivity contribution in [1.82, 2.24) is 14.9 Å². The molecule has 0 aliphatic rings. The van der Waals surface area contributed by atoms with Crippen LogP contribution in [-0.2, 0) is 13.1 Å². The van der Waals surface area contributed by atoms with Crippen LogP contribution in [0.15, 0.2) is 53.6 Å². The zero-order valence-corrected chi connectivity index (χ0v) is 14.0. The lowest BCUT2D eigenvalue weighted by Gasteiger charge is -2.20. The average molecular weight is 323 g/mol.